The molecule has 3 amide bonds. The van der Waals surface area contributed by atoms with Gasteiger partial charge in [-0.15, -0.1) is 0 Å². The van der Waals surface area contributed by atoms with E-state index in [2.05, 4.69) is 15.2 Å². The Bertz CT molecular complexity index is 2840. The molecule has 1 fully saturated rings. The normalized spacial score (nSPS) is 12.9. The maximum atomic E-state index is 14.2. The molecular weight excluding hydrogens is 865 g/mol. The molecule has 0 radical (unpaired) electrons. The second-order valence-electron chi connectivity index (χ2n) is 17.1. The summed E-state index contributed by atoms with van der Waals surface area (Å²) in [4.78, 5) is 74.3. The Labute approximate surface area is 392 Å². The summed E-state index contributed by atoms with van der Waals surface area (Å²) in [7, 11) is 0. The molecule has 0 saturated carbocycles. The monoisotopic (exact) mass is 914 g/mol. The molecule has 1 aliphatic rings. The van der Waals surface area contributed by atoms with Crippen molar-refractivity contribution >= 4 is 29.8 Å². The number of aliphatic carboxylic acids is 2. The van der Waals surface area contributed by atoms with Gasteiger partial charge >= 0.3 is 18.0 Å². The molecule has 4 heterocycles. The number of carboxylic acids is 2. The number of piperidine rings is 1. The Morgan fingerprint density at radius 1 is 0.647 bits per heavy atom. The summed E-state index contributed by atoms with van der Waals surface area (Å²) in [6.07, 6.45) is 2.04. The van der Waals surface area contributed by atoms with Crippen molar-refractivity contribution in [1.29, 1.82) is 0 Å². The smallest absolute Gasteiger partial charge is 0.410 e. The van der Waals surface area contributed by atoms with Crippen molar-refractivity contribution in [3.63, 3.8) is 0 Å². The van der Waals surface area contributed by atoms with Crippen molar-refractivity contribution in [1.82, 2.24) is 39.2 Å². The predicted molar refractivity (Wildman–Crippen MR) is 252 cm³/mol. The van der Waals surface area contributed by atoms with E-state index in [-0.39, 0.29) is 31.0 Å². The third-order valence-corrected chi connectivity index (χ3v) is 11.6. The summed E-state index contributed by atoms with van der Waals surface area (Å²) in [6.45, 7) is 3.01. The Kier molecular flexibility index (Phi) is 13.8. The molecule has 68 heavy (non-hydrogen) atoms. The van der Waals surface area contributed by atoms with Crippen molar-refractivity contribution in [2.45, 2.75) is 51.3 Å². The van der Waals surface area contributed by atoms with Crippen molar-refractivity contribution in [2.75, 3.05) is 26.2 Å². The van der Waals surface area contributed by atoms with Crippen LogP contribution in [0.1, 0.15) is 58.9 Å². The van der Waals surface area contributed by atoms with E-state index < -0.39 is 54.6 Å². The molecule has 0 aliphatic carbocycles. The highest BCUT2D eigenvalue weighted by molar-refractivity contribution is 5.96. The van der Waals surface area contributed by atoms with Crippen LogP contribution in [-0.2, 0) is 27.3 Å². The van der Waals surface area contributed by atoms with Crippen LogP contribution in [0.4, 0.5) is 4.79 Å². The Balaban J connectivity index is 0.953. The molecule has 3 aromatic heterocycles. The summed E-state index contributed by atoms with van der Waals surface area (Å²) >= 11 is 0. The fraction of sp³-hybridized carbons (Fsp3) is 0.231. The number of carboxylic acid groups (broad SMARTS) is 2. The number of aromatic nitrogens is 5. The van der Waals surface area contributed by atoms with E-state index in [0.717, 1.165) is 22.4 Å². The number of pyridine rings is 1. The average Bonchev–Trinajstić information content (AvgIpc) is 4.00. The maximum absolute atomic E-state index is 14.2. The van der Waals surface area contributed by atoms with E-state index in [1.165, 1.54) is 9.80 Å². The van der Waals surface area contributed by atoms with Gasteiger partial charge in [-0.05, 0) is 86.8 Å². The molecule has 346 valence electrons. The molecule has 0 atom stereocenters. The van der Waals surface area contributed by atoms with Crippen LogP contribution in [0, 0.1) is 0 Å². The predicted octanol–water partition coefficient (Wildman–Crippen LogP) is 7.66. The fourth-order valence-electron chi connectivity index (χ4n) is 8.42. The van der Waals surface area contributed by atoms with Gasteiger partial charge in [0.15, 0.2) is 11.4 Å². The Morgan fingerprint density at radius 3 is 1.76 bits per heavy atom. The number of nitrogens with zero attached hydrogens (tertiary/aromatic N) is 8. The lowest BCUT2D eigenvalue weighted by Gasteiger charge is -2.38. The maximum Gasteiger partial charge on any atom is 0.410 e. The molecule has 8 rings (SSSR count). The number of hydrogen-bond donors (Lipinski definition) is 2. The van der Waals surface area contributed by atoms with Crippen LogP contribution in [-0.4, -0.2) is 117 Å². The van der Waals surface area contributed by atoms with Gasteiger partial charge in [-0.25, -0.2) is 14.2 Å². The molecule has 0 bridgehead atoms. The first kappa shape index (κ1) is 46.1. The van der Waals surface area contributed by atoms with Gasteiger partial charge in [-0.3, -0.25) is 24.2 Å². The van der Waals surface area contributed by atoms with E-state index in [1.54, 1.807) is 50.8 Å². The Hall–Kier alpha value is -8.40. The van der Waals surface area contributed by atoms with Crippen LogP contribution in [0.5, 0.6) is 0 Å². The number of hydrogen-bond acceptors (Lipinski definition) is 9. The van der Waals surface area contributed by atoms with Crippen molar-refractivity contribution in [3.05, 3.63) is 174 Å². The summed E-state index contributed by atoms with van der Waals surface area (Å²) in [5.74, 6) is -3.42. The fourth-order valence-corrected chi connectivity index (χ4v) is 8.42. The lowest BCUT2D eigenvalue weighted by atomic mass is 9.96. The van der Waals surface area contributed by atoms with Crippen LogP contribution in [0.3, 0.4) is 0 Å². The van der Waals surface area contributed by atoms with E-state index >= 15 is 0 Å². The van der Waals surface area contributed by atoms with E-state index in [0.29, 0.717) is 42.0 Å². The molecule has 1 saturated heterocycles. The highest BCUT2D eigenvalue weighted by Gasteiger charge is 2.35. The van der Waals surface area contributed by atoms with Crippen LogP contribution >= 0.6 is 0 Å². The number of amides is 3. The molecule has 0 unspecified atom stereocenters. The SMILES string of the molecule is CC(C)(Cc1cccc(-c2cc(C(=O)N(CC(=O)O)Cc3ccccn3)nn2-c2ccccc2)c1)OC(=O)N1CCC(N(CC(=O)O)C(=O)c2cc(-c3ccccc3)n(-c3ccccc3)n2)CC1. The largest absolute Gasteiger partial charge is 0.480 e. The minimum atomic E-state index is -1.17. The first-order valence-electron chi connectivity index (χ1n) is 22.2. The van der Waals surface area contributed by atoms with Gasteiger partial charge < -0.3 is 29.6 Å². The zero-order chi connectivity index (χ0) is 47.8. The van der Waals surface area contributed by atoms with Crippen molar-refractivity contribution < 1.29 is 38.9 Å². The van der Waals surface area contributed by atoms with Gasteiger partial charge in [0.2, 0.25) is 0 Å². The number of carbonyl (C=O) groups excluding carboxylic acids is 3. The van der Waals surface area contributed by atoms with E-state index in [9.17, 15) is 34.2 Å². The van der Waals surface area contributed by atoms with Crippen LogP contribution < -0.4 is 0 Å². The second kappa shape index (κ2) is 20.4. The molecule has 7 aromatic rings. The summed E-state index contributed by atoms with van der Waals surface area (Å²) < 4.78 is 9.44. The minimum absolute atomic E-state index is 0.0254. The van der Waals surface area contributed by atoms with Gasteiger partial charge in [-0.2, -0.15) is 10.2 Å². The molecular formula is C52H50N8O8. The molecule has 2 N–H and O–H groups in total. The third-order valence-electron chi connectivity index (χ3n) is 11.6. The quantitative estimate of drug-likeness (QED) is 0.0967. The number of carbonyl (C=O) groups is 5. The number of likely N-dealkylation sites (tertiary alicyclic amines) is 1. The van der Waals surface area contributed by atoms with Gasteiger partial charge in [-0.1, -0.05) is 91.0 Å². The Morgan fingerprint density at radius 2 is 1.19 bits per heavy atom. The van der Waals surface area contributed by atoms with Crippen molar-refractivity contribution in [3.8, 4) is 33.9 Å². The van der Waals surface area contributed by atoms with Crippen LogP contribution in [0.25, 0.3) is 33.9 Å². The third kappa shape index (κ3) is 11.0. The summed E-state index contributed by atoms with van der Waals surface area (Å²) in [5, 5.41) is 29.0. The van der Waals surface area contributed by atoms with E-state index in [4.69, 9.17) is 4.74 Å². The van der Waals surface area contributed by atoms with Gasteiger partial charge in [0.25, 0.3) is 11.8 Å². The molecule has 16 nitrogen and oxygen atoms in total. The number of rotatable bonds is 16. The molecule has 4 aromatic carbocycles. The molecule has 1 aliphatic heterocycles. The number of ether oxygens (including phenoxy) is 1. The first-order chi connectivity index (χ1) is 32.8. The number of para-hydroxylation sites is 2. The average molecular weight is 915 g/mol. The summed E-state index contributed by atoms with van der Waals surface area (Å²) in [5.41, 5.74) is 4.82. The summed E-state index contributed by atoms with van der Waals surface area (Å²) in [6, 6.07) is 43.9. The second-order valence-corrected chi connectivity index (χ2v) is 17.1. The highest BCUT2D eigenvalue weighted by Crippen LogP contribution is 2.30. The molecule has 0 spiro atoms. The lowest BCUT2D eigenvalue weighted by Crippen LogP contribution is -2.51. The lowest BCUT2D eigenvalue weighted by molar-refractivity contribution is -0.139. The van der Waals surface area contributed by atoms with Crippen LogP contribution in [0.2, 0.25) is 0 Å². The zero-order valence-corrected chi connectivity index (χ0v) is 37.6. The van der Waals surface area contributed by atoms with Gasteiger partial charge in [0.1, 0.15) is 18.7 Å². The van der Waals surface area contributed by atoms with Crippen LogP contribution in [0.15, 0.2) is 152 Å². The first-order valence-corrected chi connectivity index (χ1v) is 22.2. The van der Waals surface area contributed by atoms with Gasteiger partial charge in [0.05, 0.1) is 35.0 Å². The number of benzene rings is 4. The van der Waals surface area contributed by atoms with Gasteiger partial charge in [0, 0.05) is 42.9 Å². The topological polar surface area (TPSA) is 193 Å². The van der Waals surface area contributed by atoms with E-state index in [1.807, 2.05) is 129 Å². The highest BCUT2D eigenvalue weighted by atomic mass is 16.6. The molecule has 16 heteroatoms. The minimum Gasteiger partial charge on any atom is -0.480 e. The standard InChI is InChI=1S/C52H50N8O8/c1-52(2,32-36-15-14-18-38(29-36)46-30-43(54-60(46)42-22-10-5-11-23-42)49(65)57(34-47(61)62)33-39-19-12-13-26-53-39)68-51(67)56-27-24-40(25-28-56)58(35-48(63)64)50(66)44-31-45(37-16-6-3-7-17-37)59(55-44)41-20-8-4-9-21-41/h3-23,26,29-31,40H,24-25,27-28,32-35H2,1-2H3,(H,61,62)(H,63,64). The zero-order valence-electron chi connectivity index (χ0n) is 37.6. The van der Waals surface area contributed by atoms with Crippen molar-refractivity contribution in [2.24, 2.45) is 0 Å².